The second-order valence-electron chi connectivity index (χ2n) is 5.38. The predicted octanol–water partition coefficient (Wildman–Crippen LogP) is 2.17. The Morgan fingerprint density at radius 3 is 2.75 bits per heavy atom. The fourth-order valence-corrected chi connectivity index (χ4v) is 2.36. The fraction of sp³-hybridized carbons (Fsp3) is 0.444. The molecule has 1 aromatic heterocycles. The van der Waals surface area contributed by atoms with E-state index in [1.54, 1.807) is 13.2 Å². The molecule has 6 heteroatoms. The van der Waals surface area contributed by atoms with Crippen LogP contribution in [0.1, 0.15) is 24.5 Å². The predicted molar refractivity (Wildman–Crippen MR) is 96.8 cm³/mol. The first kappa shape index (κ1) is 18.0. The molecule has 0 radical (unpaired) electrons. The molecule has 0 bridgehead atoms. The van der Waals surface area contributed by atoms with Crippen molar-refractivity contribution in [2.75, 3.05) is 20.2 Å². The van der Waals surface area contributed by atoms with Crippen molar-refractivity contribution in [2.45, 2.75) is 33.0 Å². The van der Waals surface area contributed by atoms with Gasteiger partial charge in [0.2, 0.25) is 0 Å². The van der Waals surface area contributed by atoms with Crippen molar-refractivity contribution < 1.29 is 4.74 Å². The monoisotopic (exact) mass is 329 g/mol. The van der Waals surface area contributed by atoms with Gasteiger partial charge in [-0.15, -0.1) is 0 Å². The summed E-state index contributed by atoms with van der Waals surface area (Å²) in [5.41, 5.74) is 2.44. The Balaban J connectivity index is 1.75. The van der Waals surface area contributed by atoms with Gasteiger partial charge >= 0.3 is 0 Å². The van der Waals surface area contributed by atoms with Gasteiger partial charge in [-0.05, 0) is 30.5 Å². The van der Waals surface area contributed by atoms with E-state index in [4.69, 9.17) is 4.74 Å². The maximum absolute atomic E-state index is 5.53. The van der Waals surface area contributed by atoms with Crippen LogP contribution in [0.2, 0.25) is 0 Å². The van der Waals surface area contributed by atoms with Gasteiger partial charge in [-0.3, -0.25) is 9.67 Å². The number of aromatic nitrogens is 2. The molecule has 24 heavy (non-hydrogen) atoms. The van der Waals surface area contributed by atoms with Crippen molar-refractivity contribution in [1.82, 2.24) is 20.4 Å². The molecule has 0 unspecified atom stereocenters. The molecule has 1 aromatic carbocycles. The Bertz CT molecular complexity index is 610. The summed E-state index contributed by atoms with van der Waals surface area (Å²) in [5, 5.41) is 10.9. The van der Waals surface area contributed by atoms with Crippen LogP contribution in [0.15, 0.2) is 47.7 Å². The first-order chi connectivity index (χ1) is 11.8. The van der Waals surface area contributed by atoms with Crippen LogP contribution in [0.3, 0.4) is 0 Å². The van der Waals surface area contributed by atoms with Gasteiger partial charge in [-0.2, -0.15) is 5.10 Å². The number of guanidine groups is 1. The molecule has 0 fully saturated rings. The molecule has 0 aliphatic heterocycles. The standard InChI is InChI=1S/C18H27N5O/c1-3-24-15-17-9-5-4-8-16(17)14-21-18(19-2)20-10-6-12-23-13-7-11-22-23/h4-5,7-9,11,13H,3,6,10,12,14-15H2,1-2H3,(H2,19,20,21). The summed E-state index contributed by atoms with van der Waals surface area (Å²) in [6.07, 6.45) is 4.76. The van der Waals surface area contributed by atoms with E-state index in [2.05, 4.69) is 32.9 Å². The molecule has 2 N–H and O–H groups in total. The number of rotatable bonds is 9. The molecule has 2 aromatic rings. The maximum Gasteiger partial charge on any atom is 0.191 e. The smallest absolute Gasteiger partial charge is 0.191 e. The van der Waals surface area contributed by atoms with Crippen LogP contribution in [0.4, 0.5) is 0 Å². The molecular weight excluding hydrogens is 302 g/mol. The van der Waals surface area contributed by atoms with Crippen LogP contribution in [0.5, 0.6) is 0 Å². The van der Waals surface area contributed by atoms with Gasteiger partial charge in [0.15, 0.2) is 5.96 Å². The number of nitrogens with one attached hydrogen (secondary N) is 2. The van der Waals surface area contributed by atoms with Crippen molar-refractivity contribution in [2.24, 2.45) is 4.99 Å². The third kappa shape index (κ3) is 6.04. The summed E-state index contributed by atoms with van der Waals surface area (Å²) in [4.78, 5) is 4.27. The first-order valence-electron chi connectivity index (χ1n) is 8.40. The van der Waals surface area contributed by atoms with Gasteiger partial charge in [-0.1, -0.05) is 24.3 Å². The number of benzene rings is 1. The SMILES string of the molecule is CCOCc1ccccc1CNC(=NC)NCCCn1cccn1. The second kappa shape index (κ2) is 10.4. The molecule has 0 atom stereocenters. The lowest BCUT2D eigenvalue weighted by Crippen LogP contribution is -2.37. The van der Waals surface area contributed by atoms with Gasteiger partial charge in [-0.25, -0.2) is 0 Å². The molecule has 6 nitrogen and oxygen atoms in total. The highest BCUT2D eigenvalue weighted by molar-refractivity contribution is 5.79. The summed E-state index contributed by atoms with van der Waals surface area (Å²) in [6, 6.07) is 10.2. The fourth-order valence-electron chi connectivity index (χ4n) is 2.36. The minimum atomic E-state index is 0.643. The Hall–Kier alpha value is -2.34. The van der Waals surface area contributed by atoms with Crippen LogP contribution in [0.25, 0.3) is 0 Å². The Labute approximate surface area is 143 Å². The number of hydrogen-bond donors (Lipinski definition) is 2. The van der Waals surface area contributed by atoms with E-state index < -0.39 is 0 Å². The molecule has 0 saturated heterocycles. The lowest BCUT2D eigenvalue weighted by Gasteiger charge is -2.14. The number of aryl methyl sites for hydroxylation is 1. The van der Waals surface area contributed by atoms with Crippen LogP contribution >= 0.6 is 0 Å². The summed E-state index contributed by atoms with van der Waals surface area (Å²) >= 11 is 0. The lowest BCUT2D eigenvalue weighted by molar-refractivity contribution is 0.133. The molecule has 1 heterocycles. The van der Waals surface area contributed by atoms with Gasteiger partial charge in [0.25, 0.3) is 0 Å². The molecule has 0 aliphatic rings. The minimum absolute atomic E-state index is 0.643. The van der Waals surface area contributed by atoms with Crippen LogP contribution in [0, 0.1) is 0 Å². The zero-order valence-electron chi connectivity index (χ0n) is 14.5. The van der Waals surface area contributed by atoms with E-state index in [1.807, 2.05) is 36.0 Å². The van der Waals surface area contributed by atoms with Crippen molar-refractivity contribution in [3.05, 3.63) is 53.9 Å². The van der Waals surface area contributed by atoms with E-state index in [0.29, 0.717) is 6.61 Å². The highest BCUT2D eigenvalue weighted by Crippen LogP contribution is 2.09. The summed E-state index contributed by atoms with van der Waals surface area (Å²) in [7, 11) is 1.79. The van der Waals surface area contributed by atoms with Crippen LogP contribution in [-0.2, 0) is 24.4 Å². The molecule has 2 rings (SSSR count). The zero-order chi connectivity index (χ0) is 17.0. The Morgan fingerprint density at radius 1 is 1.21 bits per heavy atom. The average Bonchev–Trinajstić information content (AvgIpc) is 3.13. The molecule has 130 valence electrons. The van der Waals surface area contributed by atoms with Gasteiger partial charge in [0, 0.05) is 45.7 Å². The van der Waals surface area contributed by atoms with Gasteiger partial charge in [0.1, 0.15) is 0 Å². The van der Waals surface area contributed by atoms with Crippen LogP contribution < -0.4 is 10.6 Å². The quantitative estimate of drug-likeness (QED) is 0.420. The van der Waals surface area contributed by atoms with Crippen molar-refractivity contribution in [3.8, 4) is 0 Å². The van der Waals surface area contributed by atoms with Crippen molar-refractivity contribution in [3.63, 3.8) is 0 Å². The topological polar surface area (TPSA) is 63.5 Å². The number of ether oxygens (including phenoxy) is 1. The Kier molecular flexibility index (Phi) is 7.83. The second-order valence-corrected chi connectivity index (χ2v) is 5.38. The first-order valence-corrected chi connectivity index (χ1v) is 8.40. The third-order valence-electron chi connectivity index (χ3n) is 3.67. The van der Waals surface area contributed by atoms with Crippen molar-refractivity contribution >= 4 is 5.96 Å². The van der Waals surface area contributed by atoms with Crippen molar-refractivity contribution in [1.29, 1.82) is 0 Å². The third-order valence-corrected chi connectivity index (χ3v) is 3.67. The number of hydrogen-bond acceptors (Lipinski definition) is 3. The Morgan fingerprint density at radius 2 is 2.04 bits per heavy atom. The molecular formula is C18H27N5O. The van der Waals surface area contributed by atoms with E-state index >= 15 is 0 Å². The molecule has 0 amide bonds. The van der Waals surface area contributed by atoms with E-state index in [-0.39, 0.29) is 0 Å². The molecule has 0 spiro atoms. The van der Waals surface area contributed by atoms with E-state index in [0.717, 1.165) is 38.6 Å². The van der Waals surface area contributed by atoms with Crippen LogP contribution in [-0.4, -0.2) is 35.9 Å². The summed E-state index contributed by atoms with van der Waals surface area (Å²) < 4.78 is 7.46. The highest BCUT2D eigenvalue weighted by atomic mass is 16.5. The maximum atomic E-state index is 5.53. The average molecular weight is 329 g/mol. The summed E-state index contributed by atoms with van der Waals surface area (Å²) in [6.45, 7) is 5.84. The largest absolute Gasteiger partial charge is 0.377 e. The van der Waals surface area contributed by atoms with Gasteiger partial charge in [0.05, 0.1) is 6.61 Å². The lowest BCUT2D eigenvalue weighted by atomic mass is 10.1. The van der Waals surface area contributed by atoms with Gasteiger partial charge < -0.3 is 15.4 Å². The minimum Gasteiger partial charge on any atom is -0.377 e. The highest BCUT2D eigenvalue weighted by Gasteiger charge is 2.03. The molecule has 0 saturated carbocycles. The van der Waals surface area contributed by atoms with E-state index in [1.165, 1.54) is 11.1 Å². The van der Waals surface area contributed by atoms with E-state index in [9.17, 15) is 0 Å². The summed E-state index contributed by atoms with van der Waals surface area (Å²) in [5.74, 6) is 0.807. The number of nitrogens with zero attached hydrogens (tertiary/aromatic N) is 3. The normalized spacial score (nSPS) is 11.5. The molecule has 0 aliphatic carbocycles. The number of aliphatic imine (C=N–C) groups is 1. The zero-order valence-corrected chi connectivity index (χ0v) is 14.5.